The van der Waals surface area contributed by atoms with E-state index in [4.69, 9.17) is 4.74 Å². The molecule has 1 aliphatic rings. The molecule has 2 rings (SSSR count). The molecule has 2 atom stereocenters. The minimum atomic E-state index is -2.59. The normalized spacial score (nSPS) is 27.4. The summed E-state index contributed by atoms with van der Waals surface area (Å²) in [6.07, 6.45) is 2.53. The third kappa shape index (κ3) is 1.76. The zero-order chi connectivity index (χ0) is 10.1. The highest BCUT2D eigenvalue weighted by molar-refractivity contribution is 5.10. The summed E-state index contributed by atoms with van der Waals surface area (Å²) >= 11 is 0. The Bertz CT molecular complexity index is 315. The molecule has 1 N–H and O–H groups in total. The summed E-state index contributed by atoms with van der Waals surface area (Å²) in [4.78, 5) is 0. The van der Waals surface area contributed by atoms with E-state index in [1.165, 1.54) is 12.4 Å². The molecular formula is C8H11F2N3O. The molecule has 1 fully saturated rings. The first kappa shape index (κ1) is 9.54. The first-order valence-corrected chi connectivity index (χ1v) is 4.38. The quantitative estimate of drug-likeness (QED) is 0.787. The second-order valence-corrected chi connectivity index (χ2v) is 3.21. The Morgan fingerprint density at radius 2 is 2.50 bits per heavy atom. The fourth-order valence-electron chi connectivity index (χ4n) is 1.44. The van der Waals surface area contributed by atoms with Gasteiger partial charge in [0.2, 0.25) is 0 Å². The number of hydrogen-bond acceptors (Lipinski definition) is 3. The molecule has 0 aromatic carbocycles. The summed E-state index contributed by atoms with van der Waals surface area (Å²) in [5.41, 5.74) is 0.683. The van der Waals surface area contributed by atoms with E-state index in [1.807, 2.05) is 6.92 Å². The van der Waals surface area contributed by atoms with Crippen LogP contribution in [0, 0.1) is 0 Å². The van der Waals surface area contributed by atoms with Crippen molar-refractivity contribution in [2.45, 2.75) is 25.8 Å². The highest BCUT2D eigenvalue weighted by Gasteiger charge is 2.24. The Hall–Kier alpha value is -1.01. The van der Waals surface area contributed by atoms with Crippen LogP contribution < -0.4 is 5.32 Å². The van der Waals surface area contributed by atoms with Gasteiger partial charge in [-0.3, -0.25) is 5.32 Å². The van der Waals surface area contributed by atoms with Crippen LogP contribution in [0.4, 0.5) is 8.78 Å². The van der Waals surface area contributed by atoms with Crippen LogP contribution in [0.1, 0.15) is 25.1 Å². The van der Waals surface area contributed by atoms with Crippen molar-refractivity contribution >= 4 is 0 Å². The van der Waals surface area contributed by atoms with Crippen LogP contribution in [0.2, 0.25) is 0 Å². The van der Waals surface area contributed by atoms with Gasteiger partial charge in [0.25, 0.3) is 0 Å². The summed E-state index contributed by atoms with van der Waals surface area (Å²) < 4.78 is 30.4. The van der Waals surface area contributed by atoms with Gasteiger partial charge < -0.3 is 4.74 Å². The van der Waals surface area contributed by atoms with E-state index >= 15 is 0 Å². The molecule has 0 amide bonds. The fraction of sp³-hybridized carbons (Fsp3) is 0.625. The number of alkyl halides is 2. The number of halogens is 2. The summed E-state index contributed by atoms with van der Waals surface area (Å²) in [6.45, 7) is -0.0799. The standard InChI is InChI=1S/C8H11F2N3O/c1-5-11-3-7(14-5)6-2-12-13(4-6)8(9)10/h2,4-5,7-8,11H,3H2,1H3. The predicted molar refractivity (Wildman–Crippen MR) is 44.8 cm³/mol. The lowest BCUT2D eigenvalue weighted by Gasteiger charge is -2.06. The summed E-state index contributed by atoms with van der Waals surface area (Å²) in [7, 11) is 0. The van der Waals surface area contributed by atoms with E-state index in [0.717, 1.165) is 0 Å². The Morgan fingerprint density at radius 1 is 1.71 bits per heavy atom. The van der Waals surface area contributed by atoms with Gasteiger partial charge in [0.1, 0.15) is 12.3 Å². The molecule has 0 spiro atoms. The molecule has 0 saturated carbocycles. The van der Waals surface area contributed by atoms with Gasteiger partial charge in [0.15, 0.2) is 0 Å². The van der Waals surface area contributed by atoms with Crippen molar-refractivity contribution in [3.63, 3.8) is 0 Å². The predicted octanol–water partition coefficient (Wildman–Crippen LogP) is 1.29. The van der Waals surface area contributed by atoms with Gasteiger partial charge in [-0.15, -0.1) is 0 Å². The molecule has 2 unspecified atom stereocenters. The van der Waals surface area contributed by atoms with Crippen LogP contribution in [0.3, 0.4) is 0 Å². The van der Waals surface area contributed by atoms with Gasteiger partial charge >= 0.3 is 6.55 Å². The van der Waals surface area contributed by atoms with Crippen LogP contribution >= 0.6 is 0 Å². The molecule has 1 aromatic heterocycles. The van der Waals surface area contributed by atoms with Crippen molar-refractivity contribution in [2.75, 3.05) is 6.54 Å². The topological polar surface area (TPSA) is 39.1 Å². The van der Waals surface area contributed by atoms with Crippen LogP contribution in [0.25, 0.3) is 0 Å². The first-order valence-electron chi connectivity index (χ1n) is 4.38. The highest BCUT2D eigenvalue weighted by Crippen LogP contribution is 2.23. The number of rotatable bonds is 2. The zero-order valence-corrected chi connectivity index (χ0v) is 7.65. The third-order valence-electron chi connectivity index (χ3n) is 2.15. The molecule has 1 saturated heterocycles. The van der Waals surface area contributed by atoms with Crippen molar-refractivity contribution in [2.24, 2.45) is 0 Å². The number of ether oxygens (including phenoxy) is 1. The average molecular weight is 203 g/mol. The minimum Gasteiger partial charge on any atom is -0.354 e. The van der Waals surface area contributed by atoms with Gasteiger partial charge in [-0.1, -0.05) is 0 Å². The molecule has 0 aliphatic carbocycles. The first-order chi connectivity index (χ1) is 6.66. The Labute approximate surface area is 79.9 Å². The smallest absolute Gasteiger partial charge is 0.333 e. The molecule has 14 heavy (non-hydrogen) atoms. The maximum Gasteiger partial charge on any atom is 0.333 e. The van der Waals surface area contributed by atoms with Gasteiger partial charge in [0.05, 0.1) is 6.20 Å². The van der Waals surface area contributed by atoms with Gasteiger partial charge in [-0.05, 0) is 6.92 Å². The van der Waals surface area contributed by atoms with Crippen molar-refractivity contribution in [1.29, 1.82) is 0 Å². The average Bonchev–Trinajstić information content (AvgIpc) is 2.70. The van der Waals surface area contributed by atoms with E-state index in [0.29, 0.717) is 16.8 Å². The highest BCUT2D eigenvalue weighted by atomic mass is 19.3. The molecule has 1 aliphatic heterocycles. The lowest BCUT2D eigenvalue weighted by atomic mass is 10.2. The largest absolute Gasteiger partial charge is 0.354 e. The summed E-state index contributed by atoms with van der Waals surface area (Å²) in [5.74, 6) is 0. The maximum atomic E-state index is 12.2. The van der Waals surface area contributed by atoms with E-state index in [-0.39, 0.29) is 12.3 Å². The number of nitrogens with zero attached hydrogens (tertiary/aromatic N) is 2. The monoisotopic (exact) mass is 203 g/mol. The molecule has 6 heteroatoms. The summed E-state index contributed by atoms with van der Waals surface area (Å²) in [6, 6.07) is 0. The van der Waals surface area contributed by atoms with Crippen LogP contribution in [-0.4, -0.2) is 22.6 Å². The third-order valence-corrected chi connectivity index (χ3v) is 2.15. The molecule has 2 heterocycles. The minimum absolute atomic E-state index is 0.0325. The molecule has 78 valence electrons. The van der Waals surface area contributed by atoms with Crippen molar-refractivity contribution < 1.29 is 13.5 Å². The lowest BCUT2D eigenvalue weighted by molar-refractivity contribution is 0.0495. The van der Waals surface area contributed by atoms with Crippen LogP contribution in [-0.2, 0) is 4.74 Å². The second kappa shape index (κ2) is 3.62. The Kier molecular flexibility index (Phi) is 2.47. The molecule has 0 radical (unpaired) electrons. The molecule has 4 nitrogen and oxygen atoms in total. The second-order valence-electron chi connectivity index (χ2n) is 3.21. The van der Waals surface area contributed by atoms with Gasteiger partial charge in [-0.25, -0.2) is 4.68 Å². The van der Waals surface area contributed by atoms with E-state index < -0.39 is 6.55 Å². The van der Waals surface area contributed by atoms with Crippen molar-refractivity contribution in [3.8, 4) is 0 Å². The Morgan fingerprint density at radius 3 is 3.00 bits per heavy atom. The lowest BCUT2D eigenvalue weighted by Crippen LogP contribution is -2.17. The number of hydrogen-bond donors (Lipinski definition) is 1. The molecular weight excluding hydrogens is 192 g/mol. The zero-order valence-electron chi connectivity index (χ0n) is 7.65. The van der Waals surface area contributed by atoms with Crippen LogP contribution in [0.15, 0.2) is 12.4 Å². The Balaban J connectivity index is 2.09. The van der Waals surface area contributed by atoms with E-state index in [9.17, 15) is 8.78 Å². The molecule has 0 bridgehead atoms. The van der Waals surface area contributed by atoms with Crippen molar-refractivity contribution in [1.82, 2.24) is 15.1 Å². The van der Waals surface area contributed by atoms with E-state index in [2.05, 4.69) is 10.4 Å². The van der Waals surface area contributed by atoms with Gasteiger partial charge in [-0.2, -0.15) is 13.9 Å². The number of nitrogens with one attached hydrogen (secondary N) is 1. The molecule has 1 aromatic rings. The maximum absolute atomic E-state index is 12.2. The van der Waals surface area contributed by atoms with Gasteiger partial charge in [0, 0.05) is 18.3 Å². The summed E-state index contributed by atoms with van der Waals surface area (Å²) in [5, 5.41) is 6.60. The number of aromatic nitrogens is 2. The van der Waals surface area contributed by atoms with Crippen LogP contribution in [0.5, 0.6) is 0 Å². The van der Waals surface area contributed by atoms with Crippen molar-refractivity contribution in [3.05, 3.63) is 18.0 Å². The SMILES string of the molecule is CC1NCC(c2cnn(C(F)F)c2)O1. The van der Waals surface area contributed by atoms with E-state index in [1.54, 1.807) is 0 Å². The fourth-order valence-corrected chi connectivity index (χ4v) is 1.44.